The van der Waals surface area contributed by atoms with E-state index >= 15 is 0 Å². The maximum absolute atomic E-state index is 8.89. The Hall–Kier alpha value is -1.49. The summed E-state index contributed by atoms with van der Waals surface area (Å²) in [5.74, 6) is 0.933. The van der Waals surface area contributed by atoms with Gasteiger partial charge < -0.3 is 4.74 Å². The van der Waals surface area contributed by atoms with Crippen molar-refractivity contribution in [3.05, 3.63) is 28.8 Å². The molecule has 1 aromatic rings. The molecule has 0 saturated heterocycles. The van der Waals surface area contributed by atoms with Gasteiger partial charge in [0.15, 0.2) is 0 Å². The minimum atomic E-state index is 0.359. The summed E-state index contributed by atoms with van der Waals surface area (Å²) in [6.45, 7) is 11.5. The predicted molar refractivity (Wildman–Crippen MR) is 74.8 cm³/mol. The molecule has 0 unspecified atom stereocenters. The maximum atomic E-state index is 8.89. The second kappa shape index (κ2) is 5.91. The third kappa shape index (κ3) is 4.41. The minimum Gasteiger partial charge on any atom is -0.493 e. The summed E-state index contributed by atoms with van der Waals surface area (Å²) in [6.07, 6.45) is 2.21. The van der Waals surface area contributed by atoms with E-state index in [2.05, 4.69) is 26.8 Å². The van der Waals surface area contributed by atoms with Crippen molar-refractivity contribution in [3.8, 4) is 11.8 Å². The van der Waals surface area contributed by atoms with Crippen molar-refractivity contribution in [2.45, 2.75) is 47.5 Å². The zero-order chi connectivity index (χ0) is 13.8. The number of hydrogen-bond donors (Lipinski definition) is 0. The first-order valence-electron chi connectivity index (χ1n) is 6.47. The molecule has 0 fully saturated rings. The molecule has 98 valence electrons. The molecule has 0 aromatic heterocycles. The van der Waals surface area contributed by atoms with Crippen molar-refractivity contribution in [2.75, 3.05) is 6.61 Å². The summed E-state index contributed by atoms with van der Waals surface area (Å²) < 4.78 is 5.85. The highest BCUT2D eigenvalue weighted by molar-refractivity contribution is 5.47. The highest BCUT2D eigenvalue weighted by Gasteiger charge is 2.10. The Balaban J connectivity index is 2.61. The number of ether oxygens (including phenoxy) is 1. The first-order chi connectivity index (χ1) is 8.33. The highest BCUT2D eigenvalue weighted by atomic mass is 16.5. The van der Waals surface area contributed by atoms with Crippen LogP contribution in [0.4, 0.5) is 0 Å². The van der Waals surface area contributed by atoms with Gasteiger partial charge in [0.1, 0.15) is 5.75 Å². The van der Waals surface area contributed by atoms with E-state index in [1.165, 1.54) is 0 Å². The second-order valence-electron chi connectivity index (χ2n) is 6.06. The van der Waals surface area contributed by atoms with Gasteiger partial charge in [-0.15, -0.1) is 0 Å². The Morgan fingerprint density at radius 2 is 1.72 bits per heavy atom. The van der Waals surface area contributed by atoms with Crippen LogP contribution in [0.1, 0.15) is 50.3 Å². The lowest BCUT2D eigenvalue weighted by Crippen LogP contribution is -2.08. The second-order valence-corrected chi connectivity index (χ2v) is 6.06. The molecule has 0 atom stereocenters. The van der Waals surface area contributed by atoms with E-state index in [4.69, 9.17) is 10.00 Å². The zero-order valence-electron chi connectivity index (χ0n) is 12.1. The van der Waals surface area contributed by atoms with E-state index in [-0.39, 0.29) is 0 Å². The normalized spacial score (nSPS) is 11.1. The van der Waals surface area contributed by atoms with Crippen LogP contribution in [0.5, 0.6) is 5.75 Å². The number of nitrogens with zero attached hydrogens (tertiary/aromatic N) is 1. The summed E-state index contributed by atoms with van der Waals surface area (Å²) >= 11 is 0. The van der Waals surface area contributed by atoms with E-state index in [0.29, 0.717) is 11.0 Å². The molecule has 0 aliphatic rings. The minimum absolute atomic E-state index is 0.359. The van der Waals surface area contributed by atoms with E-state index in [1.807, 2.05) is 26.0 Å². The third-order valence-electron chi connectivity index (χ3n) is 2.91. The van der Waals surface area contributed by atoms with Crippen LogP contribution < -0.4 is 4.74 Å². The monoisotopic (exact) mass is 245 g/mol. The fourth-order valence-corrected chi connectivity index (χ4v) is 2.02. The molecule has 0 spiro atoms. The summed E-state index contributed by atoms with van der Waals surface area (Å²) in [7, 11) is 0. The molecule has 0 aliphatic heterocycles. The number of hydrogen-bond acceptors (Lipinski definition) is 2. The average Bonchev–Trinajstić information content (AvgIpc) is 2.25. The number of rotatable bonds is 4. The smallest absolute Gasteiger partial charge is 0.125 e. The van der Waals surface area contributed by atoms with Gasteiger partial charge in [-0.05, 0) is 55.4 Å². The molecule has 0 saturated carbocycles. The summed E-state index contributed by atoms with van der Waals surface area (Å²) in [6, 6.07) is 5.93. The Morgan fingerprint density at radius 3 is 2.17 bits per heavy atom. The number of benzene rings is 1. The largest absolute Gasteiger partial charge is 0.493 e. The third-order valence-corrected chi connectivity index (χ3v) is 2.91. The van der Waals surface area contributed by atoms with Gasteiger partial charge in [-0.2, -0.15) is 5.26 Å². The Morgan fingerprint density at radius 1 is 1.17 bits per heavy atom. The first-order valence-corrected chi connectivity index (χ1v) is 6.47. The van der Waals surface area contributed by atoms with Crippen LogP contribution in [0, 0.1) is 30.6 Å². The van der Waals surface area contributed by atoms with Crippen molar-refractivity contribution in [1.29, 1.82) is 5.26 Å². The Bertz CT molecular complexity index is 426. The molecule has 0 bridgehead atoms. The van der Waals surface area contributed by atoms with Crippen LogP contribution in [-0.2, 0) is 0 Å². The summed E-state index contributed by atoms with van der Waals surface area (Å²) in [5, 5.41) is 8.89. The van der Waals surface area contributed by atoms with Crippen molar-refractivity contribution in [2.24, 2.45) is 5.41 Å². The topological polar surface area (TPSA) is 33.0 Å². The summed E-state index contributed by atoms with van der Waals surface area (Å²) in [5.41, 5.74) is 3.15. The van der Waals surface area contributed by atoms with Gasteiger partial charge in [-0.25, -0.2) is 0 Å². The van der Waals surface area contributed by atoms with Gasteiger partial charge in [-0.1, -0.05) is 20.8 Å². The van der Waals surface area contributed by atoms with Crippen LogP contribution in [0.25, 0.3) is 0 Å². The van der Waals surface area contributed by atoms with E-state index < -0.39 is 0 Å². The summed E-state index contributed by atoms with van der Waals surface area (Å²) in [4.78, 5) is 0. The van der Waals surface area contributed by atoms with Crippen LogP contribution in [0.2, 0.25) is 0 Å². The number of nitriles is 1. The van der Waals surface area contributed by atoms with Crippen molar-refractivity contribution >= 4 is 0 Å². The molecule has 1 aromatic carbocycles. The van der Waals surface area contributed by atoms with Crippen LogP contribution in [-0.4, -0.2) is 6.61 Å². The lowest BCUT2D eigenvalue weighted by Gasteiger charge is -2.18. The van der Waals surface area contributed by atoms with Crippen molar-refractivity contribution in [3.63, 3.8) is 0 Å². The molecule has 0 N–H and O–H groups in total. The van der Waals surface area contributed by atoms with Gasteiger partial charge in [0.2, 0.25) is 0 Å². The van der Waals surface area contributed by atoms with Gasteiger partial charge in [-0.3, -0.25) is 0 Å². The zero-order valence-corrected chi connectivity index (χ0v) is 12.1. The van der Waals surface area contributed by atoms with Gasteiger partial charge in [0.25, 0.3) is 0 Å². The van der Waals surface area contributed by atoms with Crippen LogP contribution >= 0.6 is 0 Å². The van der Waals surface area contributed by atoms with Gasteiger partial charge in [0, 0.05) is 0 Å². The lowest BCUT2D eigenvalue weighted by molar-refractivity contribution is 0.267. The Kier molecular flexibility index (Phi) is 4.78. The molecule has 0 aliphatic carbocycles. The molecule has 18 heavy (non-hydrogen) atoms. The Labute approximate surface area is 111 Å². The van der Waals surface area contributed by atoms with E-state index in [0.717, 1.165) is 36.3 Å². The molecule has 0 heterocycles. The molecule has 1 rings (SSSR count). The molecule has 2 nitrogen and oxygen atoms in total. The van der Waals surface area contributed by atoms with Gasteiger partial charge in [0.05, 0.1) is 18.2 Å². The SMILES string of the molecule is Cc1cc(C#N)cc(C)c1OCCCC(C)(C)C. The fourth-order valence-electron chi connectivity index (χ4n) is 2.02. The molecule has 0 radical (unpaired) electrons. The lowest BCUT2D eigenvalue weighted by atomic mass is 9.91. The molecule has 0 amide bonds. The number of aryl methyl sites for hydroxylation is 2. The molecule has 2 heteroatoms. The molecular formula is C16H23NO. The van der Waals surface area contributed by atoms with E-state index in [9.17, 15) is 0 Å². The van der Waals surface area contributed by atoms with Crippen molar-refractivity contribution < 1.29 is 4.74 Å². The average molecular weight is 245 g/mol. The highest BCUT2D eigenvalue weighted by Crippen LogP contribution is 2.26. The quantitative estimate of drug-likeness (QED) is 0.737. The van der Waals surface area contributed by atoms with Crippen LogP contribution in [0.15, 0.2) is 12.1 Å². The predicted octanol–water partition coefficient (Wildman–Crippen LogP) is 4.38. The maximum Gasteiger partial charge on any atom is 0.125 e. The first kappa shape index (κ1) is 14.6. The van der Waals surface area contributed by atoms with Crippen LogP contribution in [0.3, 0.4) is 0 Å². The van der Waals surface area contributed by atoms with E-state index in [1.54, 1.807) is 0 Å². The van der Waals surface area contributed by atoms with Gasteiger partial charge >= 0.3 is 0 Å². The molecular weight excluding hydrogens is 222 g/mol. The fraction of sp³-hybridized carbons (Fsp3) is 0.562. The van der Waals surface area contributed by atoms with Crippen molar-refractivity contribution in [1.82, 2.24) is 0 Å². The standard InChI is InChI=1S/C16H23NO/c1-12-9-14(11-17)10-13(2)15(12)18-8-6-7-16(3,4)5/h9-10H,6-8H2,1-5H3.